The molecule has 4 aromatic rings. The third-order valence-electron chi connectivity index (χ3n) is 4.61. The van der Waals surface area contributed by atoms with Gasteiger partial charge < -0.3 is 5.32 Å². The lowest BCUT2D eigenvalue weighted by Crippen LogP contribution is -2.25. The average Bonchev–Trinajstić information content (AvgIpc) is 3.40. The Morgan fingerprint density at radius 1 is 0.929 bits per heavy atom. The lowest BCUT2D eigenvalue weighted by atomic mass is 10.1. The summed E-state index contributed by atoms with van der Waals surface area (Å²) in [4.78, 5) is 12.4. The van der Waals surface area contributed by atoms with E-state index in [-0.39, 0.29) is 5.91 Å². The lowest BCUT2D eigenvalue weighted by Gasteiger charge is -2.08. The van der Waals surface area contributed by atoms with E-state index in [1.54, 1.807) is 12.4 Å². The molecule has 140 valence electrons. The van der Waals surface area contributed by atoms with Gasteiger partial charge in [0.1, 0.15) is 0 Å². The highest BCUT2D eigenvalue weighted by Crippen LogP contribution is 2.12. The predicted octanol–water partition coefficient (Wildman–Crippen LogP) is 3.34. The molecule has 0 bridgehead atoms. The van der Waals surface area contributed by atoms with Crippen LogP contribution in [0.5, 0.6) is 0 Å². The van der Waals surface area contributed by atoms with Crippen molar-refractivity contribution in [1.82, 2.24) is 24.9 Å². The Morgan fingerprint density at radius 2 is 1.68 bits per heavy atom. The number of aryl methyl sites for hydroxylation is 1. The van der Waals surface area contributed by atoms with Gasteiger partial charge in [0.25, 0.3) is 5.91 Å². The molecule has 0 unspecified atom stereocenters. The van der Waals surface area contributed by atoms with Crippen LogP contribution >= 0.6 is 0 Å². The first-order valence-corrected chi connectivity index (χ1v) is 9.19. The maximum Gasteiger partial charge on any atom is 0.251 e. The maximum absolute atomic E-state index is 12.4. The van der Waals surface area contributed by atoms with Crippen LogP contribution in [0.4, 0.5) is 0 Å². The number of hydrogen-bond donors (Lipinski definition) is 1. The summed E-state index contributed by atoms with van der Waals surface area (Å²) in [6, 6.07) is 19.5. The lowest BCUT2D eigenvalue weighted by molar-refractivity contribution is 0.0954. The van der Waals surface area contributed by atoms with Crippen molar-refractivity contribution in [3.8, 4) is 11.4 Å². The van der Waals surface area contributed by atoms with Crippen LogP contribution < -0.4 is 5.32 Å². The largest absolute Gasteiger partial charge is 0.352 e. The van der Waals surface area contributed by atoms with Crippen LogP contribution in [-0.2, 0) is 6.42 Å². The van der Waals surface area contributed by atoms with Crippen molar-refractivity contribution in [3.05, 3.63) is 96.1 Å². The van der Waals surface area contributed by atoms with E-state index in [1.165, 1.54) is 5.56 Å². The van der Waals surface area contributed by atoms with E-state index in [0.29, 0.717) is 12.1 Å². The Kier molecular flexibility index (Phi) is 5.01. The van der Waals surface area contributed by atoms with Crippen molar-refractivity contribution < 1.29 is 4.79 Å². The van der Waals surface area contributed by atoms with E-state index >= 15 is 0 Å². The highest BCUT2D eigenvalue weighted by Gasteiger charge is 2.07. The van der Waals surface area contributed by atoms with Crippen molar-refractivity contribution in [1.29, 1.82) is 0 Å². The first-order valence-electron chi connectivity index (χ1n) is 9.19. The van der Waals surface area contributed by atoms with Gasteiger partial charge in [-0.3, -0.25) is 4.79 Å². The van der Waals surface area contributed by atoms with Crippen LogP contribution in [0.25, 0.3) is 11.4 Å². The molecule has 0 radical (unpaired) electrons. The van der Waals surface area contributed by atoms with Crippen molar-refractivity contribution >= 4 is 5.91 Å². The van der Waals surface area contributed by atoms with E-state index < -0.39 is 0 Å². The normalized spacial score (nSPS) is 10.8. The molecule has 0 atom stereocenters. The quantitative estimate of drug-likeness (QED) is 0.565. The Balaban J connectivity index is 1.31. The number of carbonyl (C=O) groups excluding carboxylic acids is 1. The van der Waals surface area contributed by atoms with Gasteiger partial charge in [-0.05, 0) is 67.4 Å². The van der Waals surface area contributed by atoms with Gasteiger partial charge in [0, 0.05) is 36.4 Å². The van der Waals surface area contributed by atoms with Gasteiger partial charge in [0.15, 0.2) is 0 Å². The van der Waals surface area contributed by atoms with Crippen molar-refractivity contribution in [2.75, 3.05) is 6.54 Å². The van der Waals surface area contributed by atoms with Gasteiger partial charge in [-0.15, -0.1) is 0 Å². The van der Waals surface area contributed by atoms with Gasteiger partial charge in [0.2, 0.25) is 0 Å². The zero-order valence-corrected chi connectivity index (χ0v) is 15.6. The van der Waals surface area contributed by atoms with Crippen LogP contribution in [-0.4, -0.2) is 32.0 Å². The predicted molar refractivity (Wildman–Crippen MR) is 108 cm³/mol. The number of nitrogens with zero attached hydrogens (tertiary/aromatic N) is 4. The molecule has 2 aromatic carbocycles. The van der Waals surface area contributed by atoms with Gasteiger partial charge >= 0.3 is 0 Å². The van der Waals surface area contributed by atoms with Crippen LogP contribution in [0, 0.1) is 6.92 Å². The maximum atomic E-state index is 12.4. The molecule has 0 spiro atoms. The molecule has 0 aliphatic heterocycles. The molecule has 4 rings (SSSR count). The topological polar surface area (TPSA) is 64.7 Å². The Labute approximate surface area is 163 Å². The fourth-order valence-electron chi connectivity index (χ4n) is 3.05. The zero-order chi connectivity index (χ0) is 19.3. The zero-order valence-electron chi connectivity index (χ0n) is 15.6. The molecule has 0 saturated carbocycles. The molecule has 2 aromatic heterocycles. The van der Waals surface area contributed by atoms with Crippen LogP contribution in [0.3, 0.4) is 0 Å². The molecule has 1 amide bonds. The number of hydrogen-bond acceptors (Lipinski definition) is 3. The summed E-state index contributed by atoms with van der Waals surface area (Å²) in [5.74, 6) is -0.0723. The van der Waals surface area contributed by atoms with Gasteiger partial charge in [0.05, 0.1) is 11.4 Å². The second-order valence-corrected chi connectivity index (χ2v) is 6.55. The minimum atomic E-state index is -0.0723. The molecule has 0 saturated heterocycles. The Hall–Kier alpha value is -3.67. The second-order valence-electron chi connectivity index (χ2n) is 6.55. The van der Waals surface area contributed by atoms with Crippen molar-refractivity contribution in [2.45, 2.75) is 13.3 Å². The monoisotopic (exact) mass is 371 g/mol. The third kappa shape index (κ3) is 3.86. The average molecular weight is 371 g/mol. The highest BCUT2D eigenvalue weighted by atomic mass is 16.1. The molecule has 28 heavy (non-hydrogen) atoms. The summed E-state index contributed by atoms with van der Waals surface area (Å²) >= 11 is 0. The van der Waals surface area contributed by atoms with E-state index in [4.69, 9.17) is 0 Å². The van der Waals surface area contributed by atoms with E-state index in [2.05, 4.69) is 27.6 Å². The van der Waals surface area contributed by atoms with Gasteiger partial charge in [-0.1, -0.05) is 12.1 Å². The minimum Gasteiger partial charge on any atom is -0.352 e. The summed E-state index contributed by atoms with van der Waals surface area (Å²) in [5.41, 5.74) is 4.82. The third-order valence-corrected chi connectivity index (χ3v) is 4.61. The van der Waals surface area contributed by atoms with E-state index in [0.717, 1.165) is 23.5 Å². The fraction of sp³-hybridized carbons (Fsp3) is 0.136. The smallest absolute Gasteiger partial charge is 0.251 e. The molecule has 6 nitrogen and oxygen atoms in total. The molecule has 1 N–H and O–H groups in total. The number of benzene rings is 2. The van der Waals surface area contributed by atoms with Crippen LogP contribution in [0.15, 0.2) is 79.3 Å². The summed E-state index contributed by atoms with van der Waals surface area (Å²) in [5, 5.41) is 11.5. The molecular formula is C22H21N5O. The van der Waals surface area contributed by atoms with Crippen molar-refractivity contribution in [2.24, 2.45) is 0 Å². The fourth-order valence-corrected chi connectivity index (χ4v) is 3.05. The van der Waals surface area contributed by atoms with Gasteiger partial charge in [-0.25, -0.2) is 9.36 Å². The van der Waals surface area contributed by atoms with Gasteiger partial charge in [-0.2, -0.15) is 10.2 Å². The Bertz CT molecular complexity index is 1050. The molecule has 0 fully saturated rings. The van der Waals surface area contributed by atoms with Crippen molar-refractivity contribution in [3.63, 3.8) is 0 Å². The standard InChI is InChI=1S/C22H21N5O/c1-17-11-15-25-27(17)21-9-5-19(6-10-21)22(28)23-14-12-18-3-7-20(8-4-18)26-16-2-13-24-26/h2-11,13,15-16H,12,14H2,1H3,(H,23,28). The second kappa shape index (κ2) is 7.92. The first-order chi connectivity index (χ1) is 13.7. The molecule has 2 heterocycles. The summed E-state index contributed by atoms with van der Waals surface area (Å²) in [7, 11) is 0. The summed E-state index contributed by atoms with van der Waals surface area (Å²) < 4.78 is 3.66. The number of nitrogens with one attached hydrogen (secondary N) is 1. The molecule has 0 aliphatic rings. The number of rotatable bonds is 6. The van der Waals surface area contributed by atoms with Crippen LogP contribution in [0.2, 0.25) is 0 Å². The SMILES string of the molecule is Cc1ccnn1-c1ccc(C(=O)NCCc2ccc(-n3cccn3)cc2)cc1. The minimum absolute atomic E-state index is 0.0723. The van der Waals surface area contributed by atoms with E-state index in [1.807, 2.05) is 71.0 Å². The molecular weight excluding hydrogens is 350 g/mol. The molecule has 0 aliphatic carbocycles. The summed E-state index contributed by atoms with van der Waals surface area (Å²) in [6.45, 7) is 2.58. The Morgan fingerprint density at radius 3 is 2.32 bits per heavy atom. The first kappa shape index (κ1) is 17.7. The highest BCUT2D eigenvalue weighted by molar-refractivity contribution is 5.94. The van der Waals surface area contributed by atoms with E-state index in [9.17, 15) is 4.79 Å². The summed E-state index contributed by atoms with van der Waals surface area (Å²) in [6.07, 6.45) is 6.20. The van der Waals surface area contributed by atoms with Crippen LogP contribution in [0.1, 0.15) is 21.6 Å². The number of amides is 1. The number of carbonyl (C=O) groups is 1. The molecule has 6 heteroatoms. The number of aromatic nitrogens is 4.